The molecule has 0 bridgehead atoms. The molecule has 1 heterocycles. The SMILES string of the molecule is COC(=O)c1ccc(C(=O)Nc2ccc3c(c2)nc(C)n3-c2ccccc2)cc1. The Kier molecular flexibility index (Phi) is 4.83. The highest BCUT2D eigenvalue weighted by molar-refractivity contribution is 6.05. The van der Waals surface area contributed by atoms with Gasteiger partial charge in [-0.15, -0.1) is 0 Å². The molecule has 0 saturated carbocycles. The number of aryl methyl sites for hydroxylation is 1. The van der Waals surface area contributed by atoms with E-state index in [4.69, 9.17) is 0 Å². The number of esters is 1. The van der Waals surface area contributed by atoms with Gasteiger partial charge >= 0.3 is 5.97 Å². The highest BCUT2D eigenvalue weighted by Crippen LogP contribution is 2.24. The number of rotatable bonds is 4. The summed E-state index contributed by atoms with van der Waals surface area (Å²) in [5.41, 5.74) is 4.29. The Labute approximate surface area is 167 Å². The van der Waals surface area contributed by atoms with Crippen LogP contribution in [0.4, 0.5) is 5.69 Å². The van der Waals surface area contributed by atoms with Gasteiger partial charge in [-0.2, -0.15) is 0 Å². The van der Waals surface area contributed by atoms with Crippen LogP contribution in [0.3, 0.4) is 0 Å². The number of nitrogens with one attached hydrogen (secondary N) is 1. The average Bonchev–Trinajstić information content (AvgIpc) is 3.08. The lowest BCUT2D eigenvalue weighted by Crippen LogP contribution is -2.12. The lowest BCUT2D eigenvalue weighted by atomic mass is 10.1. The standard InChI is InChI=1S/C23H19N3O3/c1-15-24-20-14-18(12-13-21(20)26(15)19-6-4-3-5-7-19)25-22(27)16-8-10-17(11-9-16)23(28)29-2/h3-14H,1-2H3,(H,25,27). The van der Waals surface area contributed by atoms with E-state index in [1.165, 1.54) is 7.11 Å². The van der Waals surface area contributed by atoms with E-state index in [2.05, 4.69) is 19.6 Å². The summed E-state index contributed by atoms with van der Waals surface area (Å²) in [6.45, 7) is 1.95. The fraction of sp³-hybridized carbons (Fsp3) is 0.0870. The Morgan fingerprint density at radius 3 is 2.31 bits per heavy atom. The lowest BCUT2D eigenvalue weighted by molar-refractivity contribution is 0.0600. The summed E-state index contributed by atoms with van der Waals surface area (Å²) in [5, 5.41) is 2.88. The van der Waals surface area contributed by atoms with Crippen LogP contribution in [0.2, 0.25) is 0 Å². The van der Waals surface area contributed by atoms with E-state index in [9.17, 15) is 9.59 Å². The Bertz CT molecular complexity index is 1200. The Morgan fingerprint density at radius 2 is 1.62 bits per heavy atom. The third-order valence-electron chi connectivity index (χ3n) is 4.66. The van der Waals surface area contributed by atoms with Crippen molar-refractivity contribution in [1.82, 2.24) is 9.55 Å². The van der Waals surface area contributed by atoms with Crippen molar-refractivity contribution in [1.29, 1.82) is 0 Å². The number of aromatic nitrogens is 2. The van der Waals surface area contributed by atoms with Crippen molar-refractivity contribution in [2.75, 3.05) is 12.4 Å². The number of anilines is 1. The molecule has 3 aromatic carbocycles. The van der Waals surface area contributed by atoms with Crippen molar-refractivity contribution in [3.8, 4) is 5.69 Å². The Balaban J connectivity index is 1.59. The van der Waals surface area contributed by atoms with E-state index in [0.29, 0.717) is 16.8 Å². The van der Waals surface area contributed by atoms with Crippen LogP contribution in [0, 0.1) is 6.92 Å². The molecular formula is C23H19N3O3. The zero-order valence-electron chi connectivity index (χ0n) is 16.0. The molecule has 0 saturated heterocycles. The van der Waals surface area contributed by atoms with Crippen LogP contribution < -0.4 is 5.32 Å². The molecule has 1 N–H and O–H groups in total. The van der Waals surface area contributed by atoms with Crippen LogP contribution in [0.1, 0.15) is 26.5 Å². The third kappa shape index (κ3) is 3.60. The molecule has 6 nitrogen and oxygen atoms in total. The van der Waals surface area contributed by atoms with E-state index in [-0.39, 0.29) is 5.91 Å². The molecule has 0 radical (unpaired) electrons. The number of ether oxygens (including phenoxy) is 1. The molecule has 29 heavy (non-hydrogen) atoms. The molecule has 1 aromatic heterocycles. The summed E-state index contributed by atoms with van der Waals surface area (Å²) in [4.78, 5) is 28.7. The number of hydrogen-bond acceptors (Lipinski definition) is 4. The quantitative estimate of drug-likeness (QED) is 0.529. The molecule has 0 aliphatic heterocycles. The largest absolute Gasteiger partial charge is 0.465 e. The van der Waals surface area contributed by atoms with Crippen LogP contribution in [0.25, 0.3) is 16.7 Å². The Morgan fingerprint density at radius 1 is 0.931 bits per heavy atom. The first-order valence-electron chi connectivity index (χ1n) is 9.11. The fourth-order valence-electron chi connectivity index (χ4n) is 3.26. The van der Waals surface area contributed by atoms with Gasteiger partial charge < -0.3 is 10.1 Å². The second-order valence-electron chi connectivity index (χ2n) is 6.56. The molecule has 1 amide bonds. The Hall–Kier alpha value is -3.93. The molecule has 0 aliphatic rings. The van der Waals surface area contributed by atoms with Crippen molar-refractivity contribution in [3.63, 3.8) is 0 Å². The van der Waals surface area contributed by atoms with Gasteiger partial charge in [-0.3, -0.25) is 9.36 Å². The zero-order valence-corrected chi connectivity index (χ0v) is 16.0. The van der Waals surface area contributed by atoms with Crippen LogP contribution in [-0.4, -0.2) is 28.5 Å². The molecule has 0 fully saturated rings. The summed E-state index contributed by atoms with van der Waals surface area (Å²) in [5.74, 6) is 0.167. The first-order valence-corrected chi connectivity index (χ1v) is 9.11. The van der Waals surface area contributed by atoms with Gasteiger partial charge in [0.1, 0.15) is 5.82 Å². The van der Waals surface area contributed by atoms with Crippen LogP contribution in [0.5, 0.6) is 0 Å². The number of carbonyl (C=O) groups excluding carboxylic acids is 2. The van der Waals surface area contributed by atoms with Crippen molar-refractivity contribution in [2.24, 2.45) is 0 Å². The van der Waals surface area contributed by atoms with Crippen molar-refractivity contribution in [3.05, 3.63) is 89.7 Å². The van der Waals surface area contributed by atoms with Crippen LogP contribution in [-0.2, 0) is 4.74 Å². The van der Waals surface area contributed by atoms with Gasteiger partial charge in [-0.1, -0.05) is 18.2 Å². The number of para-hydroxylation sites is 1. The number of imidazole rings is 1. The second kappa shape index (κ2) is 7.59. The van der Waals surface area contributed by atoms with Gasteiger partial charge in [0.2, 0.25) is 0 Å². The van der Waals surface area contributed by atoms with E-state index < -0.39 is 5.97 Å². The molecule has 6 heteroatoms. The molecule has 4 rings (SSSR count). The maximum absolute atomic E-state index is 12.5. The first-order chi connectivity index (χ1) is 14.1. The molecule has 0 unspecified atom stereocenters. The molecule has 144 valence electrons. The molecule has 0 spiro atoms. The maximum Gasteiger partial charge on any atom is 0.337 e. The molecular weight excluding hydrogens is 366 g/mol. The van der Waals surface area contributed by atoms with E-state index in [1.54, 1.807) is 24.3 Å². The van der Waals surface area contributed by atoms with E-state index in [1.807, 2.05) is 55.5 Å². The summed E-state index contributed by atoms with van der Waals surface area (Å²) in [6, 6.07) is 22.0. The lowest BCUT2D eigenvalue weighted by Gasteiger charge is -2.08. The van der Waals surface area contributed by atoms with E-state index >= 15 is 0 Å². The normalized spacial score (nSPS) is 10.7. The summed E-state index contributed by atoms with van der Waals surface area (Å²) in [7, 11) is 1.32. The van der Waals surface area contributed by atoms with E-state index in [0.717, 1.165) is 22.5 Å². The maximum atomic E-state index is 12.5. The number of hydrogen-bond donors (Lipinski definition) is 1. The highest BCUT2D eigenvalue weighted by Gasteiger charge is 2.12. The third-order valence-corrected chi connectivity index (χ3v) is 4.66. The summed E-state index contributed by atoms with van der Waals surface area (Å²) >= 11 is 0. The van der Waals surface area contributed by atoms with Gasteiger partial charge in [0.15, 0.2) is 0 Å². The number of benzene rings is 3. The minimum Gasteiger partial charge on any atom is -0.465 e. The average molecular weight is 385 g/mol. The van der Waals surface area contributed by atoms with Crippen LogP contribution >= 0.6 is 0 Å². The number of carbonyl (C=O) groups is 2. The monoisotopic (exact) mass is 385 g/mol. The highest BCUT2D eigenvalue weighted by atomic mass is 16.5. The smallest absolute Gasteiger partial charge is 0.337 e. The minimum absolute atomic E-state index is 0.264. The summed E-state index contributed by atoms with van der Waals surface area (Å²) in [6.07, 6.45) is 0. The van der Waals surface area contributed by atoms with Crippen LogP contribution in [0.15, 0.2) is 72.8 Å². The van der Waals surface area contributed by atoms with Crippen molar-refractivity contribution in [2.45, 2.75) is 6.92 Å². The molecule has 4 aromatic rings. The van der Waals surface area contributed by atoms with Gasteiger partial charge in [0.05, 0.1) is 23.7 Å². The molecule has 0 atom stereocenters. The van der Waals surface area contributed by atoms with Gasteiger partial charge in [0.25, 0.3) is 5.91 Å². The predicted molar refractivity (Wildman–Crippen MR) is 112 cm³/mol. The van der Waals surface area contributed by atoms with Gasteiger partial charge in [-0.25, -0.2) is 9.78 Å². The summed E-state index contributed by atoms with van der Waals surface area (Å²) < 4.78 is 6.74. The zero-order chi connectivity index (χ0) is 20.4. The first kappa shape index (κ1) is 18.4. The van der Waals surface area contributed by atoms with Gasteiger partial charge in [0, 0.05) is 16.9 Å². The number of fused-ring (bicyclic) bond motifs is 1. The number of methoxy groups -OCH3 is 1. The van der Waals surface area contributed by atoms with Crippen molar-refractivity contribution < 1.29 is 14.3 Å². The fourth-order valence-corrected chi connectivity index (χ4v) is 3.26. The predicted octanol–water partition coefficient (Wildman–Crippen LogP) is 4.37. The topological polar surface area (TPSA) is 73.2 Å². The number of amides is 1. The number of nitrogens with zero attached hydrogens (tertiary/aromatic N) is 2. The molecule has 0 aliphatic carbocycles. The van der Waals surface area contributed by atoms with Gasteiger partial charge in [-0.05, 0) is 61.5 Å². The second-order valence-corrected chi connectivity index (χ2v) is 6.56. The minimum atomic E-state index is -0.438. The van der Waals surface area contributed by atoms with Crippen molar-refractivity contribution >= 4 is 28.6 Å².